The molecule has 1 N–H and O–H groups in total. The lowest BCUT2D eigenvalue weighted by Gasteiger charge is -2.60. The average Bonchev–Trinajstić information content (AvgIpc) is 3.16. The lowest BCUT2D eigenvalue weighted by molar-refractivity contribution is -0.159. The number of fused-ring (bicyclic) bond motifs is 4. The summed E-state index contributed by atoms with van der Waals surface area (Å²) in [5.41, 5.74) is -2.53. The number of ketones is 3. The number of carbonyl (C=O) groups excluding carboxylic acids is 4. The Balaban J connectivity index is 1.70. The SMILES string of the molecule is CC1(C)C(=O)CC[C@]2(C)C3=C([C@@H](O)CC12)[C@]1(C)C(=O)C[C@H]([C@]2(C)CCC(=O)O2)[C@@]1(C)CC3=O. The van der Waals surface area contributed by atoms with E-state index < -0.39 is 33.4 Å². The summed E-state index contributed by atoms with van der Waals surface area (Å²) in [4.78, 5) is 52.6. The molecule has 1 unspecified atom stereocenters. The molecule has 0 bridgehead atoms. The first-order chi connectivity index (χ1) is 15.1. The molecule has 0 aromatic rings. The van der Waals surface area contributed by atoms with Gasteiger partial charge in [-0.3, -0.25) is 19.2 Å². The molecule has 3 fully saturated rings. The highest BCUT2D eigenvalue weighted by Crippen LogP contribution is 2.71. The largest absolute Gasteiger partial charge is 0.459 e. The van der Waals surface area contributed by atoms with E-state index in [2.05, 4.69) is 6.92 Å². The van der Waals surface area contributed by atoms with Crippen LogP contribution >= 0.6 is 0 Å². The van der Waals surface area contributed by atoms with Crippen LogP contribution in [0.25, 0.3) is 0 Å². The van der Waals surface area contributed by atoms with Gasteiger partial charge in [-0.05, 0) is 50.0 Å². The minimum atomic E-state index is -1.00. The number of carbonyl (C=O) groups is 4. The Hall–Kier alpha value is -1.82. The molecule has 6 heteroatoms. The van der Waals surface area contributed by atoms with Crippen LogP contribution in [0.5, 0.6) is 0 Å². The van der Waals surface area contributed by atoms with Crippen molar-refractivity contribution >= 4 is 23.3 Å². The summed E-state index contributed by atoms with van der Waals surface area (Å²) < 4.78 is 5.76. The van der Waals surface area contributed by atoms with Crippen LogP contribution in [-0.2, 0) is 23.9 Å². The predicted molar refractivity (Wildman–Crippen MR) is 120 cm³/mol. The van der Waals surface area contributed by atoms with Crippen molar-refractivity contribution in [3.8, 4) is 0 Å². The predicted octanol–water partition coefficient (Wildman–Crippen LogP) is 3.73. The first-order valence-corrected chi connectivity index (χ1v) is 12.4. The van der Waals surface area contributed by atoms with E-state index in [4.69, 9.17) is 4.74 Å². The molecule has 0 aromatic heterocycles. The Labute approximate surface area is 195 Å². The van der Waals surface area contributed by atoms with E-state index in [1.807, 2.05) is 34.6 Å². The number of cyclic esters (lactones) is 1. The van der Waals surface area contributed by atoms with Crippen molar-refractivity contribution < 1.29 is 29.0 Å². The first-order valence-electron chi connectivity index (χ1n) is 12.4. The molecule has 4 aliphatic carbocycles. The number of allylic oxidation sites excluding steroid dienone is 1. The van der Waals surface area contributed by atoms with Crippen LogP contribution in [0, 0.1) is 33.5 Å². The van der Waals surface area contributed by atoms with Crippen LogP contribution in [0.2, 0.25) is 0 Å². The van der Waals surface area contributed by atoms with Gasteiger partial charge in [0.1, 0.15) is 17.2 Å². The summed E-state index contributed by atoms with van der Waals surface area (Å²) in [6, 6.07) is 0. The second-order valence-electron chi connectivity index (χ2n) is 12.8. The highest BCUT2D eigenvalue weighted by molar-refractivity contribution is 6.05. The van der Waals surface area contributed by atoms with Crippen molar-refractivity contribution in [3.05, 3.63) is 11.1 Å². The molecule has 0 amide bonds. The van der Waals surface area contributed by atoms with Gasteiger partial charge in [-0.2, -0.15) is 0 Å². The minimum absolute atomic E-state index is 0.0194. The van der Waals surface area contributed by atoms with Crippen molar-refractivity contribution in [3.63, 3.8) is 0 Å². The minimum Gasteiger partial charge on any atom is -0.459 e. The van der Waals surface area contributed by atoms with Crippen LogP contribution < -0.4 is 0 Å². The molecule has 1 aliphatic heterocycles. The van der Waals surface area contributed by atoms with Crippen molar-refractivity contribution in [1.29, 1.82) is 0 Å². The third kappa shape index (κ3) is 2.54. The smallest absolute Gasteiger partial charge is 0.306 e. The second kappa shape index (κ2) is 6.44. The van der Waals surface area contributed by atoms with Crippen LogP contribution in [0.1, 0.15) is 86.5 Å². The second-order valence-corrected chi connectivity index (χ2v) is 12.8. The van der Waals surface area contributed by atoms with E-state index in [1.165, 1.54) is 0 Å². The maximum absolute atomic E-state index is 14.0. The highest BCUT2D eigenvalue weighted by atomic mass is 16.6. The Morgan fingerprint density at radius 3 is 2.15 bits per heavy atom. The van der Waals surface area contributed by atoms with Crippen molar-refractivity contribution in [1.82, 2.24) is 0 Å². The van der Waals surface area contributed by atoms with Crippen molar-refractivity contribution in [2.75, 3.05) is 0 Å². The highest BCUT2D eigenvalue weighted by Gasteiger charge is 2.72. The summed E-state index contributed by atoms with van der Waals surface area (Å²) in [7, 11) is 0. The zero-order chi connectivity index (χ0) is 24.4. The number of rotatable bonds is 1. The number of hydrogen-bond donors (Lipinski definition) is 1. The fourth-order valence-electron chi connectivity index (χ4n) is 8.89. The van der Waals surface area contributed by atoms with Crippen LogP contribution in [0.15, 0.2) is 11.1 Å². The van der Waals surface area contributed by atoms with Gasteiger partial charge < -0.3 is 9.84 Å². The molecule has 5 rings (SSSR count). The van der Waals surface area contributed by atoms with Gasteiger partial charge in [0, 0.05) is 48.0 Å². The Bertz CT molecular complexity index is 1040. The molecule has 1 heterocycles. The molecule has 180 valence electrons. The molecule has 0 aromatic carbocycles. The molecule has 2 saturated carbocycles. The quantitative estimate of drug-likeness (QED) is 0.604. The van der Waals surface area contributed by atoms with Gasteiger partial charge in [-0.15, -0.1) is 0 Å². The summed E-state index contributed by atoms with van der Waals surface area (Å²) in [5, 5.41) is 11.5. The molecule has 0 radical (unpaired) electrons. The van der Waals surface area contributed by atoms with E-state index in [-0.39, 0.29) is 48.0 Å². The van der Waals surface area contributed by atoms with E-state index >= 15 is 0 Å². The van der Waals surface area contributed by atoms with Crippen LogP contribution in [0.4, 0.5) is 0 Å². The van der Waals surface area contributed by atoms with Gasteiger partial charge in [0.05, 0.1) is 11.5 Å². The fraction of sp³-hybridized carbons (Fsp3) is 0.778. The number of esters is 1. The topological polar surface area (TPSA) is 97.7 Å². The molecule has 33 heavy (non-hydrogen) atoms. The molecule has 6 nitrogen and oxygen atoms in total. The summed E-state index contributed by atoms with van der Waals surface area (Å²) >= 11 is 0. The average molecular weight is 457 g/mol. The first kappa shape index (κ1) is 22.9. The Morgan fingerprint density at radius 1 is 0.879 bits per heavy atom. The zero-order valence-corrected chi connectivity index (χ0v) is 20.7. The monoisotopic (exact) mass is 456 g/mol. The Morgan fingerprint density at radius 2 is 1.55 bits per heavy atom. The molecular weight excluding hydrogens is 420 g/mol. The number of Topliss-reactive ketones (excluding diaryl/α,β-unsaturated/α-hetero) is 3. The van der Waals surface area contributed by atoms with Crippen LogP contribution in [0.3, 0.4) is 0 Å². The van der Waals surface area contributed by atoms with Crippen molar-refractivity contribution in [2.45, 2.75) is 98.2 Å². The van der Waals surface area contributed by atoms with E-state index in [9.17, 15) is 24.3 Å². The molecule has 5 aliphatic rings. The van der Waals surface area contributed by atoms with Gasteiger partial charge >= 0.3 is 5.97 Å². The van der Waals surface area contributed by atoms with Gasteiger partial charge in [-0.1, -0.05) is 27.7 Å². The maximum atomic E-state index is 14.0. The molecule has 7 atom stereocenters. The normalized spacial score (nSPS) is 49.0. The van der Waals surface area contributed by atoms with E-state index in [0.717, 1.165) is 0 Å². The number of aliphatic hydroxyl groups excluding tert-OH is 1. The van der Waals surface area contributed by atoms with Gasteiger partial charge in [0.15, 0.2) is 5.78 Å². The lowest BCUT2D eigenvalue weighted by atomic mass is 9.42. The standard InChI is InChI=1S/C27H36O6/c1-23(2)16-11-14(28)22-21(24(16,3)9-7-18(23)30)15(29)13-25(4)17(12-19(31)27(22,25)6)26(5)10-8-20(32)33-26/h14,16-17,28H,7-13H2,1-6H3/t14-,16?,17-,24-,25+,26-,27-/m0/s1. The summed E-state index contributed by atoms with van der Waals surface area (Å²) in [5.74, 6) is -0.521. The maximum Gasteiger partial charge on any atom is 0.306 e. The Kier molecular flexibility index (Phi) is 4.48. The third-order valence-electron chi connectivity index (χ3n) is 11.0. The summed E-state index contributed by atoms with van der Waals surface area (Å²) in [6.45, 7) is 11.7. The van der Waals surface area contributed by atoms with E-state index in [1.54, 1.807) is 0 Å². The van der Waals surface area contributed by atoms with Gasteiger partial charge in [0.25, 0.3) is 0 Å². The summed E-state index contributed by atoms with van der Waals surface area (Å²) in [6.07, 6.45) is 1.67. The lowest BCUT2D eigenvalue weighted by Crippen LogP contribution is -2.60. The number of ether oxygens (including phenoxy) is 1. The molecule has 1 saturated heterocycles. The van der Waals surface area contributed by atoms with Gasteiger partial charge in [0.2, 0.25) is 0 Å². The molecular formula is C27H36O6. The van der Waals surface area contributed by atoms with Crippen molar-refractivity contribution in [2.24, 2.45) is 33.5 Å². The molecule has 0 spiro atoms. The number of hydrogen-bond acceptors (Lipinski definition) is 6. The fourth-order valence-corrected chi connectivity index (χ4v) is 8.89. The van der Waals surface area contributed by atoms with Crippen LogP contribution in [-0.4, -0.2) is 40.1 Å². The third-order valence-corrected chi connectivity index (χ3v) is 11.0. The van der Waals surface area contributed by atoms with Gasteiger partial charge in [-0.25, -0.2) is 0 Å². The number of aliphatic hydroxyl groups is 1. The van der Waals surface area contributed by atoms with E-state index in [0.29, 0.717) is 43.3 Å². The zero-order valence-electron chi connectivity index (χ0n) is 20.7.